The number of rotatable bonds is 2. The molecule has 20 heavy (non-hydrogen) atoms. The fourth-order valence-corrected chi connectivity index (χ4v) is 3.48. The van der Waals surface area contributed by atoms with Crippen LogP contribution in [0.2, 0.25) is 0 Å². The summed E-state index contributed by atoms with van der Waals surface area (Å²) in [5.41, 5.74) is 6.23. The summed E-state index contributed by atoms with van der Waals surface area (Å²) in [5, 5.41) is 4.12. The summed E-state index contributed by atoms with van der Waals surface area (Å²) < 4.78 is 6.55. The fourth-order valence-electron chi connectivity index (χ4n) is 2.54. The highest BCUT2D eigenvalue weighted by atomic mass is 32.1. The maximum absolute atomic E-state index is 12.4. The Kier molecular flexibility index (Phi) is 3.40. The number of ether oxygens (including phenoxy) is 1. The molecule has 1 amide bonds. The fraction of sp³-hybridized carbons (Fsp3) is 0.400. The first-order chi connectivity index (χ1) is 9.56. The van der Waals surface area contributed by atoms with Crippen LogP contribution < -0.4 is 11.1 Å². The summed E-state index contributed by atoms with van der Waals surface area (Å²) >= 11 is 1.49. The third-order valence-electron chi connectivity index (χ3n) is 3.62. The second-order valence-corrected chi connectivity index (χ2v) is 6.66. The predicted octanol–water partition coefficient (Wildman–Crippen LogP) is 2.78. The number of thiophene rings is 1. The molecule has 1 aliphatic rings. The van der Waals surface area contributed by atoms with Gasteiger partial charge in [0.15, 0.2) is 0 Å². The Morgan fingerprint density at radius 1 is 1.45 bits per heavy atom. The van der Waals surface area contributed by atoms with E-state index < -0.39 is 0 Å². The molecule has 0 aliphatic carbocycles. The van der Waals surface area contributed by atoms with Crippen molar-refractivity contribution < 1.29 is 9.53 Å². The van der Waals surface area contributed by atoms with Crippen LogP contribution in [0.25, 0.3) is 10.1 Å². The lowest BCUT2D eigenvalue weighted by Crippen LogP contribution is -2.51. The van der Waals surface area contributed by atoms with Crippen LogP contribution in [0.3, 0.4) is 0 Å². The molecule has 106 valence electrons. The largest absolute Gasteiger partial charge is 0.399 e. The maximum Gasteiger partial charge on any atom is 0.261 e. The van der Waals surface area contributed by atoms with E-state index in [-0.39, 0.29) is 11.4 Å². The van der Waals surface area contributed by atoms with Crippen LogP contribution in [-0.2, 0) is 4.74 Å². The van der Waals surface area contributed by atoms with E-state index in [9.17, 15) is 4.79 Å². The van der Waals surface area contributed by atoms with Gasteiger partial charge in [-0.2, -0.15) is 0 Å². The Hall–Kier alpha value is -1.59. The van der Waals surface area contributed by atoms with Crippen molar-refractivity contribution in [2.45, 2.75) is 25.3 Å². The van der Waals surface area contributed by atoms with Gasteiger partial charge in [0.1, 0.15) is 0 Å². The predicted molar refractivity (Wildman–Crippen MR) is 82.2 cm³/mol. The first-order valence-corrected chi connectivity index (χ1v) is 7.57. The molecule has 1 saturated heterocycles. The normalized spacial score (nSPS) is 22.9. The highest BCUT2D eigenvalue weighted by Gasteiger charge is 2.30. The lowest BCUT2D eigenvalue weighted by molar-refractivity contribution is 0.0274. The highest BCUT2D eigenvalue weighted by Crippen LogP contribution is 2.28. The third-order valence-corrected chi connectivity index (χ3v) is 4.73. The number of benzene rings is 1. The molecular formula is C15H18N2O2S. The van der Waals surface area contributed by atoms with Gasteiger partial charge in [-0.3, -0.25) is 4.79 Å². The number of anilines is 1. The van der Waals surface area contributed by atoms with Crippen molar-refractivity contribution in [1.29, 1.82) is 0 Å². The van der Waals surface area contributed by atoms with Crippen molar-refractivity contribution in [2.75, 3.05) is 18.9 Å². The van der Waals surface area contributed by atoms with Gasteiger partial charge in [-0.25, -0.2) is 0 Å². The average molecular weight is 290 g/mol. The van der Waals surface area contributed by atoms with Gasteiger partial charge < -0.3 is 15.8 Å². The summed E-state index contributed by atoms with van der Waals surface area (Å²) in [5.74, 6) is -0.0298. The summed E-state index contributed by atoms with van der Waals surface area (Å²) in [7, 11) is 0. The molecule has 0 saturated carbocycles. The number of hydrogen-bond acceptors (Lipinski definition) is 4. The van der Waals surface area contributed by atoms with Gasteiger partial charge in [-0.15, -0.1) is 11.3 Å². The summed E-state index contributed by atoms with van der Waals surface area (Å²) in [6.07, 6.45) is 1.94. The monoisotopic (exact) mass is 290 g/mol. The van der Waals surface area contributed by atoms with E-state index in [0.29, 0.717) is 6.61 Å². The Labute approximate surface area is 121 Å². The molecule has 3 rings (SSSR count). The van der Waals surface area contributed by atoms with Crippen LogP contribution in [0.15, 0.2) is 24.3 Å². The molecule has 0 radical (unpaired) electrons. The Balaban J connectivity index is 1.81. The molecule has 1 aromatic heterocycles. The van der Waals surface area contributed by atoms with Gasteiger partial charge in [0.2, 0.25) is 0 Å². The third kappa shape index (κ3) is 2.64. The van der Waals surface area contributed by atoms with E-state index in [0.717, 1.165) is 40.1 Å². The van der Waals surface area contributed by atoms with Gasteiger partial charge >= 0.3 is 0 Å². The van der Waals surface area contributed by atoms with Crippen molar-refractivity contribution in [3.63, 3.8) is 0 Å². The lowest BCUT2D eigenvalue weighted by Gasteiger charge is -2.34. The zero-order valence-electron chi connectivity index (χ0n) is 11.4. The quantitative estimate of drug-likeness (QED) is 0.836. The molecule has 0 bridgehead atoms. The van der Waals surface area contributed by atoms with E-state index >= 15 is 0 Å². The topological polar surface area (TPSA) is 64.4 Å². The van der Waals surface area contributed by atoms with E-state index in [1.54, 1.807) is 0 Å². The van der Waals surface area contributed by atoms with Crippen LogP contribution in [0.4, 0.5) is 5.69 Å². The summed E-state index contributed by atoms with van der Waals surface area (Å²) in [6.45, 7) is 3.40. The molecule has 2 heterocycles. The van der Waals surface area contributed by atoms with Crippen molar-refractivity contribution in [3.05, 3.63) is 29.1 Å². The van der Waals surface area contributed by atoms with E-state index in [2.05, 4.69) is 5.32 Å². The number of nitrogen functional groups attached to an aromatic ring is 1. The molecule has 1 atom stereocenters. The smallest absolute Gasteiger partial charge is 0.261 e. The van der Waals surface area contributed by atoms with Gasteiger partial charge in [-0.1, -0.05) is 0 Å². The van der Waals surface area contributed by atoms with Gasteiger partial charge in [0, 0.05) is 17.0 Å². The first kappa shape index (κ1) is 13.4. The summed E-state index contributed by atoms with van der Waals surface area (Å²) in [6, 6.07) is 7.61. The molecule has 3 N–H and O–H groups in total. The molecule has 1 aliphatic heterocycles. The van der Waals surface area contributed by atoms with Crippen LogP contribution in [-0.4, -0.2) is 24.7 Å². The second kappa shape index (κ2) is 5.07. The minimum absolute atomic E-state index is 0.0298. The molecule has 1 unspecified atom stereocenters. The Bertz CT molecular complexity index is 644. The molecule has 4 nitrogen and oxygen atoms in total. The molecule has 5 heteroatoms. The highest BCUT2D eigenvalue weighted by molar-refractivity contribution is 7.20. The van der Waals surface area contributed by atoms with Gasteiger partial charge in [0.05, 0.1) is 17.0 Å². The Morgan fingerprint density at radius 3 is 3.05 bits per heavy atom. The Morgan fingerprint density at radius 2 is 2.30 bits per heavy atom. The first-order valence-electron chi connectivity index (χ1n) is 6.75. The molecule has 1 fully saturated rings. The molecule has 2 aromatic rings. The summed E-state index contributed by atoms with van der Waals surface area (Å²) in [4.78, 5) is 13.1. The van der Waals surface area contributed by atoms with Crippen molar-refractivity contribution in [1.82, 2.24) is 5.32 Å². The van der Waals surface area contributed by atoms with Crippen molar-refractivity contribution in [3.8, 4) is 0 Å². The van der Waals surface area contributed by atoms with Crippen LogP contribution >= 0.6 is 11.3 Å². The molecule has 0 spiro atoms. The standard InChI is InChI=1S/C15H18N2O2S/c1-15(5-2-6-19-9-15)17-14(18)13-8-10-7-11(16)3-4-12(10)20-13/h3-4,7-8H,2,5-6,9,16H2,1H3,(H,17,18). The SMILES string of the molecule is CC1(NC(=O)c2cc3cc(N)ccc3s2)CCCOC1. The molecular weight excluding hydrogens is 272 g/mol. The van der Waals surface area contributed by atoms with Crippen molar-refractivity contribution >= 4 is 33.0 Å². The van der Waals surface area contributed by atoms with Crippen molar-refractivity contribution in [2.24, 2.45) is 0 Å². The zero-order valence-corrected chi connectivity index (χ0v) is 12.3. The van der Waals surface area contributed by atoms with E-state index in [4.69, 9.17) is 10.5 Å². The number of nitrogens with one attached hydrogen (secondary N) is 1. The number of carbonyl (C=O) groups excluding carboxylic acids is 1. The number of carbonyl (C=O) groups is 1. The van der Waals surface area contributed by atoms with Crippen LogP contribution in [0.5, 0.6) is 0 Å². The van der Waals surface area contributed by atoms with E-state index in [1.807, 2.05) is 31.2 Å². The number of nitrogens with two attached hydrogens (primary N) is 1. The van der Waals surface area contributed by atoms with Crippen LogP contribution in [0, 0.1) is 0 Å². The second-order valence-electron chi connectivity index (χ2n) is 5.58. The number of hydrogen-bond donors (Lipinski definition) is 2. The zero-order chi connectivity index (χ0) is 14.2. The minimum atomic E-state index is -0.259. The molecule has 1 aromatic carbocycles. The van der Waals surface area contributed by atoms with E-state index in [1.165, 1.54) is 11.3 Å². The average Bonchev–Trinajstić information content (AvgIpc) is 2.82. The maximum atomic E-state index is 12.4. The van der Waals surface area contributed by atoms with Gasteiger partial charge in [-0.05, 0) is 49.4 Å². The minimum Gasteiger partial charge on any atom is -0.399 e. The number of amides is 1. The number of fused-ring (bicyclic) bond motifs is 1. The lowest BCUT2D eigenvalue weighted by atomic mass is 9.95. The van der Waals surface area contributed by atoms with Crippen LogP contribution in [0.1, 0.15) is 29.4 Å². The van der Waals surface area contributed by atoms with Gasteiger partial charge in [0.25, 0.3) is 5.91 Å².